The highest BCUT2D eigenvalue weighted by Crippen LogP contribution is 2.36. The quantitative estimate of drug-likeness (QED) is 0.159. The lowest BCUT2D eigenvalue weighted by atomic mass is 9.83. The van der Waals surface area contributed by atoms with Gasteiger partial charge >= 0.3 is 12.1 Å². The molecule has 5 nitrogen and oxygen atoms in total. The fraction of sp³-hybridized carbons (Fsp3) is 0.394. The van der Waals surface area contributed by atoms with Crippen molar-refractivity contribution in [3.8, 4) is 5.75 Å². The Morgan fingerprint density at radius 2 is 1.37 bits per heavy atom. The number of halogens is 5. The molecule has 1 N–H and O–H groups in total. The highest BCUT2D eigenvalue weighted by atomic mass is 35.5. The van der Waals surface area contributed by atoms with Crippen molar-refractivity contribution in [2.75, 3.05) is 13.6 Å². The molecule has 0 radical (unpaired) electrons. The zero-order valence-corrected chi connectivity index (χ0v) is 25.7. The van der Waals surface area contributed by atoms with Crippen molar-refractivity contribution in [3.05, 3.63) is 99.5 Å². The average Bonchev–Trinajstić information content (AvgIpc) is 2.96. The predicted molar refractivity (Wildman–Crippen MR) is 163 cm³/mol. The fourth-order valence-electron chi connectivity index (χ4n) is 5.01. The van der Waals surface area contributed by atoms with E-state index in [1.54, 1.807) is 24.3 Å². The van der Waals surface area contributed by atoms with Gasteiger partial charge in [-0.05, 0) is 106 Å². The molecule has 3 aromatic carbocycles. The lowest BCUT2D eigenvalue weighted by molar-refractivity contribution is -0.178. The SMILES string of the molecule is CN(CCCc1ccc(OC(CCCCCC(=O)O)C(=O)C(F)(F)F)cc1)C(C)(c1ccc(Cl)cc1)c1ccc(Cl)cc1. The molecule has 1 atom stereocenters. The first-order valence-electron chi connectivity index (χ1n) is 14.1. The third kappa shape index (κ3) is 9.98. The summed E-state index contributed by atoms with van der Waals surface area (Å²) in [6.45, 7) is 2.89. The number of carbonyl (C=O) groups excluding carboxylic acids is 1. The van der Waals surface area contributed by atoms with Crippen LogP contribution in [0.3, 0.4) is 0 Å². The number of rotatable bonds is 16. The molecule has 10 heteroatoms. The third-order valence-electron chi connectivity index (χ3n) is 7.67. The molecule has 0 aliphatic heterocycles. The molecule has 0 amide bonds. The van der Waals surface area contributed by atoms with E-state index in [2.05, 4.69) is 18.9 Å². The minimum atomic E-state index is -5.02. The molecule has 0 aromatic heterocycles. The van der Waals surface area contributed by atoms with E-state index < -0.39 is 29.6 Å². The van der Waals surface area contributed by atoms with Gasteiger partial charge in [-0.2, -0.15) is 13.2 Å². The summed E-state index contributed by atoms with van der Waals surface area (Å²) in [4.78, 5) is 24.9. The number of unbranched alkanes of at least 4 members (excludes halogenated alkanes) is 2. The molecule has 1 unspecified atom stereocenters. The summed E-state index contributed by atoms with van der Waals surface area (Å²) >= 11 is 12.3. The molecular weight excluding hydrogens is 602 g/mol. The first kappa shape index (κ1) is 34.4. The summed E-state index contributed by atoms with van der Waals surface area (Å²) < 4.78 is 45.0. The number of carboxylic acids is 1. The van der Waals surface area contributed by atoms with Gasteiger partial charge in [0.25, 0.3) is 5.78 Å². The second kappa shape index (κ2) is 15.6. The molecule has 0 saturated carbocycles. The van der Waals surface area contributed by atoms with Crippen LogP contribution in [0.1, 0.15) is 62.1 Å². The second-order valence-electron chi connectivity index (χ2n) is 10.7. The van der Waals surface area contributed by atoms with Gasteiger partial charge in [-0.3, -0.25) is 14.5 Å². The third-order valence-corrected chi connectivity index (χ3v) is 8.17. The number of hydrogen-bond donors (Lipinski definition) is 1. The Morgan fingerprint density at radius 3 is 1.86 bits per heavy atom. The zero-order chi connectivity index (χ0) is 31.6. The van der Waals surface area contributed by atoms with Crippen LogP contribution in [0.4, 0.5) is 13.2 Å². The van der Waals surface area contributed by atoms with Gasteiger partial charge in [0.05, 0.1) is 5.54 Å². The predicted octanol–water partition coefficient (Wildman–Crippen LogP) is 8.74. The molecule has 0 aliphatic rings. The number of ether oxygens (including phenoxy) is 1. The Hall–Kier alpha value is -3.07. The summed E-state index contributed by atoms with van der Waals surface area (Å²) in [6, 6.07) is 22.3. The molecule has 3 rings (SSSR count). The molecule has 0 aliphatic carbocycles. The molecular formula is C33H36Cl2F3NO4. The second-order valence-corrected chi connectivity index (χ2v) is 11.6. The van der Waals surface area contributed by atoms with Gasteiger partial charge in [-0.15, -0.1) is 0 Å². The number of Topliss-reactive ketones (excluding diaryl/α,β-unsaturated/α-hetero) is 1. The number of alkyl halides is 3. The molecule has 0 bridgehead atoms. The lowest BCUT2D eigenvalue weighted by Gasteiger charge is -2.40. The number of aliphatic carboxylic acids is 1. The van der Waals surface area contributed by atoms with Gasteiger partial charge in [0, 0.05) is 16.5 Å². The van der Waals surface area contributed by atoms with Gasteiger partial charge in [-0.25, -0.2) is 0 Å². The Labute approximate surface area is 260 Å². The van der Waals surface area contributed by atoms with Crippen LogP contribution < -0.4 is 4.74 Å². The highest BCUT2D eigenvalue weighted by molar-refractivity contribution is 6.30. The maximum absolute atomic E-state index is 13.2. The van der Waals surface area contributed by atoms with Gasteiger partial charge in [0.1, 0.15) is 5.75 Å². The minimum Gasteiger partial charge on any atom is -0.482 e. The Kier molecular flexibility index (Phi) is 12.5. The van der Waals surface area contributed by atoms with Crippen molar-refractivity contribution in [1.29, 1.82) is 0 Å². The first-order valence-corrected chi connectivity index (χ1v) is 14.9. The largest absolute Gasteiger partial charge is 0.482 e. The normalized spacial score (nSPS) is 12.7. The van der Waals surface area contributed by atoms with Gasteiger partial charge in [-0.1, -0.05) is 66.0 Å². The van der Waals surface area contributed by atoms with Crippen LogP contribution in [0.2, 0.25) is 10.0 Å². The zero-order valence-electron chi connectivity index (χ0n) is 24.2. The van der Waals surface area contributed by atoms with Gasteiger partial charge < -0.3 is 9.84 Å². The number of aryl methyl sites for hydroxylation is 1. The van der Waals surface area contributed by atoms with E-state index in [4.69, 9.17) is 33.0 Å². The van der Waals surface area contributed by atoms with E-state index in [1.165, 1.54) is 0 Å². The van der Waals surface area contributed by atoms with Crippen molar-refractivity contribution in [2.24, 2.45) is 0 Å². The molecule has 3 aromatic rings. The van der Waals surface area contributed by atoms with Crippen LogP contribution in [0.15, 0.2) is 72.8 Å². The van der Waals surface area contributed by atoms with E-state index in [0.717, 1.165) is 36.1 Å². The summed E-state index contributed by atoms with van der Waals surface area (Å²) in [7, 11) is 2.06. The maximum atomic E-state index is 13.2. The summed E-state index contributed by atoms with van der Waals surface area (Å²) in [6.07, 6.45) is -4.44. The van der Waals surface area contributed by atoms with Crippen molar-refractivity contribution in [1.82, 2.24) is 4.90 Å². The fourth-order valence-corrected chi connectivity index (χ4v) is 5.26. The number of ketones is 1. The Morgan fingerprint density at radius 1 is 0.837 bits per heavy atom. The highest BCUT2D eigenvalue weighted by Gasteiger charge is 2.44. The smallest absolute Gasteiger partial charge is 0.453 e. The number of carbonyl (C=O) groups is 2. The molecule has 0 fully saturated rings. The van der Waals surface area contributed by atoms with Crippen LogP contribution in [0, 0.1) is 0 Å². The van der Waals surface area contributed by atoms with Crippen molar-refractivity contribution < 1.29 is 32.6 Å². The minimum absolute atomic E-state index is 0.0719. The van der Waals surface area contributed by atoms with Crippen LogP contribution in [-0.2, 0) is 21.5 Å². The number of hydrogen-bond acceptors (Lipinski definition) is 4. The van der Waals surface area contributed by atoms with E-state index in [1.807, 2.05) is 48.5 Å². The number of carboxylic acid groups (broad SMARTS) is 1. The molecule has 0 saturated heterocycles. The van der Waals surface area contributed by atoms with E-state index in [9.17, 15) is 22.8 Å². The Bertz CT molecular complexity index is 1280. The maximum Gasteiger partial charge on any atom is 0.453 e. The van der Waals surface area contributed by atoms with Gasteiger partial charge in [0.2, 0.25) is 0 Å². The summed E-state index contributed by atoms with van der Waals surface area (Å²) in [5.74, 6) is -2.74. The van der Waals surface area contributed by atoms with Crippen LogP contribution >= 0.6 is 23.2 Å². The molecule has 0 spiro atoms. The van der Waals surface area contributed by atoms with E-state index in [0.29, 0.717) is 22.9 Å². The number of benzene rings is 3. The summed E-state index contributed by atoms with van der Waals surface area (Å²) in [5.41, 5.74) is 2.68. The van der Waals surface area contributed by atoms with Crippen molar-refractivity contribution in [3.63, 3.8) is 0 Å². The molecule has 0 heterocycles. The molecule has 43 heavy (non-hydrogen) atoms. The van der Waals surface area contributed by atoms with Crippen LogP contribution in [0.25, 0.3) is 0 Å². The average molecular weight is 639 g/mol. The molecule has 232 valence electrons. The van der Waals surface area contributed by atoms with E-state index in [-0.39, 0.29) is 25.0 Å². The van der Waals surface area contributed by atoms with Gasteiger partial charge in [0.15, 0.2) is 6.10 Å². The monoisotopic (exact) mass is 637 g/mol. The Balaban J connectivity index is 1.63. The summed E-state index contributed by atoms with van der Waals surface area (Å²) in [5, 5.41) is 10.0. The standard InChI is InChI=1S/C33H36Cl2F3NO4/c1-32(24-12-16-26(34)17-13-24,25-14-18-27(35)19-15-25)39(2)22-6-7-23-10-20-28(21-11-23)43-29(31(42)33(36,37)38)8-4-3-5-9-30(40)41/h10-21,29H,3-9,22H2,1-2H3,(H,40,41). The number of nitrogens with zero attached hydrogens (tertiary/aromatic N) is 1. The lowest BCUT2D eigenvalue weighted by Crippen LogP contribution is -2.42. The van der Waals surface area contributed by atoms with Crippen molar-refractivity contribution >= 4 is 35.0 Å². The van der Waals surface area contributed by atoms with Crippen molar-refractivity contribution in [2.45, 2.75) is 69.7 Å². The first-order chi connectivity index (χ1) is 20.3. The van der Waals surface area contributed by atoms with Crippen LogP contribution in [0.5, 0.6) is 5.75 Å². The topological polar surface area (TPSA) is 66.8 Å². The van der Waals surface area contributed by atoms with E-state index >= 15 is 0 Å². The van der Waals surface area contributed by atoms with Crippen LogP contribution in [-0.4, -0.2) is 47.6 Å².